The van der Waals surface area contributed by atoms with Gasteiger partial charge in [-0.25, -0.2) is 28.4 Å². The molecule has 0 aliphatic rings. The van der Waals surface area contributed by atoms with E-state index >= 15 is 0 Å². The quantitative estimate of drug-likeness (QED) is 0.193. The van der Waals surface area contributed by atoms with E-state index in [2.05, 4.69) is 31.8 Å². The number of sulfone groups is 1. The summed E-state index contributed by atoms with van der Waals surface area (Å²) in [5, 5.41) is 22.9. The first-order valence-electron chi connectivity index (χ1n) is 12.6. The molecule has 4 aromatic heterocycles. The van der Waals surface area contributed by atoms with Crippen molar-refractivity contribution in [2.24, 2.45) is 0 Å². The van der Waals surface area contributed by atoms with E-state index in [1.165, 1.54) is 37.0 Å². The van der Waals surface area contributed by atoms with Gasteiger partial charge in [-0.15, -0.1) is 0 Å². The van der Waals surface area contributed by atoms with E-state index in [4.69, 9.17) is 10.7 Å². The van der Waals surface area contributed by atoms with Crippen molar-refractivity contribution in [2.75, 3.05) is 17.3 Å². The van der Waals surface area contributed by atoms with Crippen molar-refractivity contribution < 1.29 is 13.3 Å². The second-order valence-corrected chi connectivity index (χ2v) is 11.0. The Morgan fingerprint density at radius 1 is 1.07 bits per heavy atom. The van der Waals surface area contributed by atoms with Gasteiger partial charge in [-0.05, 0) is 43.3 Å². The number of aromatic nitrogens is 5. The Morgan fingerprint density at radius 3 is 2.47 bits per heavy atom. The average Bonchev–Trinajstić information content (AvgIpc) is 3.00. The molecule has 0 fully saturated rings. The first-order valence-corrected chi connectivity index (χ1v) is 14.5. The molecule has 3 N–H and O–H groups in total. The Kier molecular flexibility index (Phi) is 8.97. The van der Waals surface area contributed by atoms with Crippen molar-refractivity contribution in [3.63, 3.8) is 0 Å². The van der Waals surface area contributed by atoms with Gasteiger partial charge in [0.1, 0.15) is 35.3 Å². The highest BCUT2D eigenvalue weighted by Gasteiger charge is 2.22. The summed E-state index contributed by atoms with van der Waals surface area (Å²) in [7, 11) is -3.51. The van der Waals surface area contributed by atoms with Crippen LogP contribution in [-0.2, 0) is 9.84 Å². The van der Waals surface area contributed by atoms with Crippen LogP contribution in [0.1, 0.15) is 29.8 Å². The normalized spacial score (nSPS) is 11.5. The number of fused-ring (bicyclic) bond motifs is 1. The third-order valence-corrected chi connectivity index (χ3v) is 7.33. The smallest absolute Gasteiger partial charge is 0.294 e. The van der Waals surface area contributed by atoms with Crippen molar-refractivity contribution >= 4 is 44.3 Å². The number of hydrogen-bond donors (Lipinski definition) is 2. The van der Waals surface area contributed by atoms with E-state index in [9.17, 15) is 23.8 Å². The molecule has 13 nitrogen and oxygen atoms in total. The molecule has 1 aromatic carbocycles. The lowest BCUT2D eigenvalue weighted by Gasteiger charge is -2.20. The van der Waals surface area contributed by atoms with Crippen LogP contribution in [0.2, 0.25) is 0 Å². The minimum atomic E-state index is -3.51. The Balaban J connectivity index is 0.000000324. The maximum absolute atomic E-state index is 12.5. The molecule has 0 saturated heterocycles. The number of nitriles is 1. The van der Waals surface area contributed by atoms with Crippen LogP contribution in [-0.4, -0.2) is 44.5 Å². The number of nitro groups is 1. The van der Waals surface area contributed by atoms with Crippen LogP contribution >= 0.6 is 0 Å². The lowest BCUT2D eigenvalue weighted by molar-refractivity contribution is -0.385. The summed E-state index contributed by atoms with van der Waals surface area (Å²) in [6, 6.07) is 16.7. The number of benzene rings is 1. The number of rotatable bonds is 7. The molecule has 216 valence electrons. The van der Waals surface area contributed by atoms with Gasteiger partial charge in [0.15, 0.2) is 9.84 Å². The summed E-state index contributed by atoms with van der Waals surface area (Å²) in [5.41, 5.74) is 9.17. The van der Waals surface area contributed by atoms with Gasteiger partial charge in [-0.2, -0.15) is 5.26 Å². The first-order chi connectivity index (χ1) is 20.5. The van der Waals surface area contributed by atoms with E-state index in [1.807, 2.05) is 25.1 Å². The van der Waals surface area contributed by atoms with Crippen molar-refractivity contribution in [3.8, 4) is 17.3 Å². The molecule has 0 bridgehead atoms. The fourth-order valence-electron chi connectivity index (χ4n) is 4.17. The van der Waals surface area contributed by atoms with Gasteiger partial charge in [0.2, 0.25) is 0 Å². The predicted octanol–water partition coefficient (Wildman–Crippen LogP) is 4.75. The fraction of sp³-hybridized carbons (Fsp3) is 0.103. The molecule has 0 radical (unpaired) electrons. The molecule has 0 saturated carbocycles. The van der Waals surface area contributed by atoms with Crippen molar-refractivity contribution in [3.05, 3.63) is 107 Å². The molecule has 0 aliphatic carbocycles. The van der Waals surface area contributed by atoms with Crippen LogP contribution in [0.15, 0.2) is 84.8 Å². The second kappa shape index (κ2) is 12.8. The highest BCUT2D eigenvalue weighted by molar-refractivity contribution is 7.90. The van der Waals surface area contributed by atoms with E-state index in [1.54, 1.807) is 36.5 Å². The van der Waals surface area contributed by atoms with Crippen LogP contribution in [0.4, 0.5) is 17.3 Å². The molecular weight excluding hydrogens is 570 g/mol. The van der Waals surface area contributed by atoms with Crippen LogP contribution < -0.4 is 11.1 Å². The summed E-state index contributed by atoms with van der Waals surface area (Å²) in [4.78, 5) is 30.9. The SMILES string of the molecule is C=Cc1ncccc1[N+](=O)[O-].C[C@@H](Nc1ncnc(N)c1C#N)c1cc2ncccc2nc1-c1ccccc1S(C)(=O)=O. The number of nitrogens with two attached hydrogens (primary N) is 1. The number of nitrogens with zero attached hydrogens (tertiary/aromatic N) is 7. The van der Waals surface area contributed by atoms with Crippen molar-refractivity contribution in [1.82, 2.24) is 24.9 Å². The lowest BCUT2D eigenvalue weighted by atomic mass is 9.99. The van der Waals surface area contributed by atoms with Crippen LogP contribution in [0, 0.1) is 21.4 Å². The fourth-order valence-corrected chi connectivity index (χ4v) is 5.06. The highest BCUT2D eigenvalue weighted by Crippen LogP contribution is 2.35. The molecule has 5 aromatic rings. The van der Waals surface area contributed by atoms with Gasteiger partial charge in [0.25, 0.3) is 5.69 Å². The van der Waals surface area contributed by atoms with Gasteiger partial charge in [0.05, 0.1) is 32.6 Å². The monoisotopic (exact) mass is 595 g/mol. The van der Waals surface area contributed by atoms with E-state index < -0.39 is 20.8 Å². The van der Waals surface area contributed by atoms with E-state index in [-0.39, 0.29) is 27.8 Å². The Morgan fingerprint density at radius 2 is 1.79 bits per heavy atom. The molecule has 0 unspecified atom stereocenters. The largest absolute Gasteiger partial charge is 0.382 e. The van der Waals surface area contributed by atoms with Crippen molar-refractivity contribution in [1.29, 1.82) is 5.26 Å². The maximum Gasteiger partial charge on any atom is 0.294 e. The lowest BCUT2D eigenvalue weighted by Crippen LogP contribution is -2.13. The Bertz CT molecular complexity index is 1990. The number of hydrogen-bond acceptors (Lipinski definition) is 12. The molecule has 1 atom stereocenters. The zero-order chi connectivity index (χ0) is 31.1. The summed E-state index contributed by atoms with van der Waals surface area (Å²) in [6.07, 6.45) is 6.95. The van der Waals surface area contributed by atoms with Gasteiger partial charge < -0.3 is 11.1 Å². The number of anilines is 2. The molecule has 4 heterocycles. The molecule has 0 spiro atoms. The number of nitrogen functional groups attached to an aromatic ring is 1. The van der Waals surface area contributed by atoms with Gasteiger partial charge >= 0.3 is 0 Å². The Hall–Kier alpha value is -5.81. The summed E-state index contributed by atoms with van der Waals surface area (Å²) < 4.78 is 24.9. The van der Waals surface area contributed by atoms with Gasteiger partial charge in [-0.1, -0.05) is 24.8 Å². The molecule has 0 amide bonds. The minimum absolute atomic E-state index is 0.0116. The maximum atomic E-state index is 12.5. The van der Waals surface area contributed by atoms with Crippen LogP contribution in [0.25, 0.3) is 28.4 Å². The molecule has 0 aliphatic heterocycles. The van der Waals surface area contributed by atoms with E-state index in [0.717, 1.165) is 0 Å². The van der Waals surface area contributed by atoms with Crippen LogP contribution in [0.3, 0.4) is 0 Å². The first kappa shape index (κ1) is 30.2. The van der Waals surface area contributed by atoms with Gasteiger partial charge in [-0.3, -0.25) is 15.1 Å². The number of nitrogens with one attached hydrogen (secondary N) is 1. The molecule has 43 heavy (non-hydrogen) atoms. The topological polar surface area (TPSA) is 204 Å². The summed E-state index contributed by atoms with van der Waals surface area (Å²) >= 11 is 0. The second-order valence-electron chi connectivity index (χ2n) is 9.07. The zero-order valence-corrected chi connectivity index (χ0v) is 23.9. The molecule has 14 heteroatoms. The molecule has 5 rings (SSSR count). The summed E-state index contributed by atoms with van der Waals surface area (Å²) in [6.45, 7) is 5.27. The standard InChI is InChI=1S/C22H19N7O2S.C7H6N2O2/c1-13(28-22-16(11-23)21(24)26-12-27-22)15-10-18-17(7-5-9-25-18)29-20(15)14-6-3-4-8-19(14)32(2,30)31;1-2-6-7(9(10)11)4-3-5-8-6/h3-10,12-13H,1-2H3,(H3,24,26,27,28);2-5H,1H2/t13-;/m1./s1. The third kappa shape index (κ3) is 6.75. The number of pyridine rings is 3. The highest BCUT2D eigenvalue weighted by atomic mass is 32.2. The zero-order valence-electron chi connectivity index (χ0n) is 23.0. The molecular formula is C29H25N9O4S. The predicted molar refractivity (Wildman–Crippen MR) is 162 cm³/mol. The minimum Gasteiger partial charge on any atom is -0.382 e. The van der Waals surface area contributed by atoms with E-state index in [0.29, 0.717) is 33.5 Å². The average molecular weight is 596 g/mol. The third-order valence-electron chi connectivity index (χ3n) is 6.17. The van der Waals surface area contributed by atoms with Crippen molar-refractivity contribution in [2.45, 2.75) is 17.9 Å². The summed E-state index contributed by atoms with van der Waals surface area (Å²) in [5.74, 6) is 0.342. The van der Waals surface area contributed by atoms with Gasteiger partial charge in [0, 0.05) is 35.8 Å². The Labute approximate surface area is 246 Å². The van der Waals surface area contributed by atoms with Crippen LogP contribution in [0.5, 0.6) is 0 Å².